The van der Waals surface area contributed by atoms with Gasteiger partial charge in [-0.25, -0.2) is 0 Å². The summed E-state index contributed by atoms with van der Waals surface area (Å²) >= 11 is 0. The number of halogens is 3. The number of anilines is 1. The van der Waals surface area contributed by atoms with Crippen LogP contribution in [0.25, 0.3) is 0 Å². The van der Waals surface area contributed by atoms with Crippen LogP contribution in [0.15, 0.2) is 18.2 Å². The first kappa shape index (κ1) is 11.3. The van der Waals surface area contributed by atoms with Crippen molar-refractivity contribution < 1.29 is 13.2 Å². The predicted molar refractivity (Wildman–Crippen MR) is 57.5 cm³/mol. The van der Waals surface area contributed by atoms with E-state index in [0.29, 0.717) is 11.7 Å². The number of rotatable bonds is 1. The van der Waals surface area contributed by atoms with E-state index in [4.69, 9.17) is 0 Å². The van der Waals surface area contributed by atoms with Gasteiger partial charge in [-0.1, -0.05) is 13.0 Å². The normalized spacial score (nSPS) is 20.1. The topological polar surface area (TPSA) is 12.0 Å². The van der Waals surface area contributed by atoms with Gasteiger partial charge in [-0.2, -0.15) is 13.2 Å². The number of nitrogens with one attached hydrogen (secondary N) is 1. The van der Waals surface area contributed by atoms with Crippen LogP contribution in [0.1, 0.15) is 30.9 Å². The van der Waals surface area contributed by atoms with Crippen molar-refractivity contribution in [3.63, 3.8) is 0 Å². The van der Waals surface area contributed by atoms with Crippen molar-refractivity contribution >= 4 is 5.69 Å². The molecule has 1 aromatic rings. The first-order chi connectivity index (χ1) is 7.50. The van der Waals surface area contributed by atoms with Crippen molar-refractivity contribution in [1.82, 2.24) is 0 Å². The Balaban J connectivity index is 2.31. The second-order valence-corrected chi connectivity index (χ2v) is 4.16. The fraction of sp³-hybridized carbons (Fsp3) is 0.500. The first-order valence-corrected chi connectivity index (χ1v) is 5.47. The summed E-state index contributed by atoms with van der Waals surface area (Å²) in [6.45, 7) is 2.04. The number of fused-ring (bicyclic) bond motifs is 1. The monoisotopic (exact) mass is 229 g/mol. The molecule has 4 heteroatoms. The highest BCUT2D eigenvalue weighted by Gasteiger charge is 2.31. The van der Waals surface area contributed by atoms with Crippen LogP contribution in [-0.4, -0.2) is 6.04 Å². The van der Waals surface area contributed by atoms with E-state index >= 15 is 0 Å². The minimum Gasteiger partial charge on any atom is -0.382 e. The summed E-state index contributed by atoms with van der Waals surface area (Å²) in [5, 5.41) is 3.16. The molecule has 1 aliphatic rings. The average molecular weight is 229 g/mol. The molecule has 1 heterocycles. The second-order valence-electron chi connectivity index (χ2n) is 4.16. The van der Waals surface area contributed by atoms with Crippen molar-refractivity contribution in [2.75, 3.05) is 5.32 Å². The van der Waals surface area contributed by atoms with E-state index < -0.39 is 11.7 Å². The molecule has 0 bridgehead atoms. The van der Waals surface area contributed by atoms with Crippen LogP contribution in [0.2, 0.25) is 0 Å². The number of hydrogen-bond donors (Lipinski definition) is 1. The lowest BCUT2D eigenvalue weighted by atomic mass is 9.95. The molecule has 0 radical (unpaired) electrons. The Morgan fingerprint density at radius 3 is 2.75 bits per heavy atom. The van der Waals surface area contributed by atoms with Crippen LogP contribution in [-0.2, 0) is 12.6 Å². The second kappa shape index (κ2) is 4.00. The number of hydrogen-bond acceptors (Lipinski definition) is 1. The Morgan fingerprint density at radius 2 is 2.12 bits per heavy atom. The predicted octanol–water partition coefficient (Wildman–Crippen LogP) is 3.84. The summed E-state index contributed by atoms with van der Waals surface area (Å²) in [6, 6.07) is 4.26. The summed E-state index contributed by atoms with van der Waals surface area (Å²) in [5.41, 5.74) is 1.06. The Bertz CT molecular complexity index is 384. The number of alkyl halides is 3. The van der Waals surface area contributed by atoms with Gasteiger partial charge in [0.2, 0.25) is 0 Å². The van der Waals surface area contributed by atoms with Crippen LogP contribution in [0.5, 0.6) is 0 Å². The van der Waals surface area contributed by atoms with E-state index in [0.717, 1.165) is 30.9 Å². The highest BCUT2D eigenvalue weighted by molar-refractivity contribution is 5.56. The maximum atomic E-state index is 12.5. The third-order valence-corrected chi connectivity index (χ3v) is 3.05. The largest absolute Gasteiger partial charge is 0.416 e. The molecule has 0 aromatic heterocycles. The van der Waals surface area contributed by atoms with E-state index in [9.17, 15) is 13.2 Å². The fourth-order valence-corrected chi connectivity index (χ4v) is 2.03. The van der Waals surface area contributed by atoms with Gasteiger partial charge in [0, 0.05) is 11.7 Å². The molecule has 1 aliphatic heterocycles. The summed E-state index contributed by atoms with van der Waals surface area (Å²) in [4.78, 5) is 0. The Morgan fingerprint density at radius 1 is 1.38 bits per heavy atom. The first-order valence-electron chi connectivity index (χ1n) is 5.47. The molecule has 1 N–H and O–H groups in total. The number of benzene rings is 1. The molecule has 0 fully saturated rings. The van der Waals surface area contributed by atoms with Crippen LogP contribution in [0, 0.1) is 0 Å². The van der Waals surface area contributed by atoms with Crippen molar-refractivity contribution in [2.24, 2.45) is 0 Å². The zero-order valence-corrected chi connectivity index (χ0v) is 9.06. The van der Waals surface area contributed by atoms with Gasteiger partial charge < -0.3 is 5.32 Å². The maximum absolute atomic E-state index is 12.5. The van der Waals surface area contributed by atoms with E-state index in [-0.39, 0.29) is 0 Å². The minimum atomic E-state index is -4.25. The van der Waals surface area contributed by atoms with E-state index in [1.807, 2.05) is 6.92 Å². The Kier molecular flexibility index (Phi) is 2.82. The molecular weight excluding hydrogens is 215 g/mol. The molecule has 0 spiro atoms. The van der Waals surface area contributed by atoms with Gasteiger partial charge >= 0.3 is 6.18 Å². The lowest BCUT2D eigenvalue weighted by Crippen LogP contribution is -2.24. The summed E-state index contributed by atoms with van der Waals surface area (Å²) in [6.07, 6.45) is -1.46. The van der Waals surface area contributed by atoms with Gasteiger partial charge in [-0.05, 0) is 37.0 Å². The van der Waals surface area contributed by atoms with Crippen molar-refractivity contribution in [3.05, 3.63) is 29.3 Å². The molecule has 0 saturated carbocycles. The van der Waals surface area contributed by atoms with Crippen LogP contribution in [0.4, 0.5) is 18.9 Å². The van der Waals surface area contributed by atoms with Crippen LogP contribution in [0.3, 0.4) is 0 Å². The standard InChI is InChI=1S/C12H14F3N/c1-2-10-6-4-8-3-5-9(12(13,14)15)7-11(8)16-10/h3,5,7,10,16H,2,4,6H2,1H3/t10-/m0/s1. The van der Waals surface area contributed by atoms with E-state index in [1.54, 1.807) is 6.07 Å². The van der Waals surface area contributed by atoms with Crippen molar-refractivity contribution in [2.45, 2.75) is 38.4 Å². The zero-order valence-electron chi connectivity index (χ0n) is 9.06. The summed E-state index contributed by atoms with van der Waals surface area (Å²) < 4.78 is 37.5. The SMILES string of the molecule is CC[C@H]1CCc2ccc(C(F)(F)F)cc2N1. The fourth-order valence-electron chi connectivity index (χ4n) is 2.03. The quantitative estimate of drug-likeness (QED) is 0.771. The van der Waals surface area contributed by atoms with Gasteiger partial charge in [0.1, 0.15) is 0 Å². The zero-order chi connectivity index (χ0) is 11.8. The van der Waals surface area contributed by atoms with Gasteiger partial charge in [0.05, 0.1) is 5.56 Å². The highest BCUT2D eigenvalue weighted by atomic mass is 19.4. The van der Waals surface area contributed by atoms with Gasteiger partial charge in [-0.3, -0.25) is 0 Å². The summed E-state index contributed by atoms with van der Waals surface area (Å²) in [7, 11) is 0. The van der Waals surface area contributed by atoms with Gasteiger partial charge in [-0.15, -0.1) is 0 Å². The Labute approximate surface area is 92.7 Å². The summed E-state index contributed by atoms with van der Waals surface area (Å²) in [5.74, 6) is 0. The lowest BCUT2D eigenvalue weighted by molar-refractivity contribution is -0.137. The lowest BCUT2D eigenvalue weighted by Gasteiger charge is -2.26. The molecule has 1 atom stereocenters. The third-order valence-electron chi connectivity index (χ3n) is 3.05. The molecular formula is C12H14F3N. The van der Waals surface area contributed by atoms with Gasteiger partial charge in [0.25, 0.3) is 0 Å². The highest BCUT2D eigenvalue weighted by Crippen LogP contribution is 2.34. The van der Waals surface area contributed by atoms with E-state index in [2.05, 4.69) is 5.32 Å². The average Bonchev–Trinajstić information content (AvgIpc) is 2.26. The van der Waals surface area contributed by atoms with E-state index in [1.165, 1.54) is 6.07 Å². The molecule has 16 heavy (non-hydrogen) atoms. The molecule has 0 amide bonds. The van der Waals surface area contributed by atoms with Crippen molar-refractivity contribution in [1.29, 1.82) is 0 Å². The molecule has 0 aliphatic carbocycles. The molecule has 2 rings (SSSR count). The minimum absolute atomic E-state index is 0.302. The van der Waals surface area contributed by atoms with Crippen molar-refractivity contribution in [3.8, 4) is 0 Å². The molecule has 88 valence electrons. The van der Waals surface area contributed by atoms with Crippen LogP contribution >= 0.6 is 0 Å². The molecule has 1 aromatic carbocycles. The number of aryl methyl sites for hydroxylation is 1. The van der Waals surface area contributed by atoms with Crippen LogP contribution < -0.4 is 5.32 Å². The maximum Gasteiger partial charge on any atom is 0.416 e. The molecule has 0 saturated heterocycles. The smallest absolute Gasteiger partial charge is 0.382 e. The third kappa shape index (κ3) is 2.15. The molecule has 0 unspecified atom stereocenters. The van der Waals surface area contributed by atoms with Gasteiger partial charge in [0.15, 0.2) is 0 Å². The molecule has 1 nitrogen and oxygen atoms in total. The Hall–Kier alpha value is -1.19.